The van der Waals surface area contributed by atoms with Gasteiger partial charge in [0.15, 0.2) is 0 Å². The maximum absolute atomic E-state index is 13.7. The highest BCUT2D eigenvalue weighted by atomic mass is 32.2. The Bertz CT molecular complexity index is 1300. The number of hydrogen-bond donors (Lipinski definition) is 1. The van der Waals surface area contributed by atoms with Crippen LogP contribution in [0.15, 0.2) is 83.8 Å². The largest absolute Gasteiger partial charge is 0.357 e. The second-order valence-corrected chi connectivity index (χ2v) is 10.5. The van der Waals surface area contributed by atoms with Gasteiger partial charge in [-0.05, 0) is 61.7 Å². The van der Waals surface area contributed by atoms with E-state index in [0.717, 1.165) is 27.6 Å². The van der Waals surface area contributed by atoms with Crippen molar-refractivity contribution in [1.29, 1.82) is 0 Å². The third-order valence-electron chi connectivity index (χ3n) is 6.12. The predicted molar refractivity (Wildman–Crippen MR) is 142 cm³/mol. The molecule has 0 bridgehead atoms. The van der Waals surface area contributed by atoms with Crippen molar-refractivity contribution in [2.45, 2.75) is 37.6 Å². The molecule has 196 valence electrons. The number of halogens is 1. The number of aryl methyl sites for hydroxylation is 1. The van der Waals surface area contributed by atoms with E-state index in [9.17, 15) is 22.4 Å². The number of anilines is 1. The van der Waals surface area contributed by atoms with Crippen molar-refractivity contribution in [3.63, 3.8) is 0 Å². The number of nitrogens with zero attached hydrogens (tertiary/aromatic N) is 2. The Morgan fingerprint density at radius 1 is 0.946 bits per heavy atom. The van der Waals surface area contributed by atoms with Crippen LogP contribution in [0.4, 0.5) is 10.1 Å². The quantitative estimate of drug-likeness (QED) is 0.411. The Labute approximate surface area is 218 Å². The Kier molecular flexibility index (Phi) is 9.41. The van der Waals surface area contributed by atoms with Crippen molar-refractivity contribution in [2.75, 3.05) is 24.4 Å². The first-order chi connectivity index (χ1) is 17.7. The van der Waals surface area contributed by atoms with E-state index < -0.39 is 34.3 Å². The number of carbonyl (C=O) groups is 2. The van der Waals surface area contributed by atoms with Gasteiger partial charge in [0.25, 0.3) is 10.0 Å². The van der Waals surface area contributed by atoms with Gasteiger partial charge in [0.1, 0.15) is 18.4 Å². The number of amides is 2. The molecule has 3 rings (SSSR count). The fraction of sp³-hybridized carbons (Fsp3) is 0.286. The molecule has 0 fully saturated rings. The highest BCUT2D eigenvalue weighted by Crippen LogP contribution is 2.25. The van der Waals surface area contributed by atoms with Gasteiger partial charge in [-0.3, -0.25) is 13.9 Å². The van der Waals surface area contributed by atoms with E-state index in [2.05, 4.69) is 5.32 Å². The summed E-state index contributed by atoms with van der Waals surface area (Å²) >= 11 is 0. The number of likely N-dealkylation sites (N-methyl/N-ethyl adjacent to an activating group) is 1. The number of nitrogens with one attached hydrogen (secondary N) is 1. The molecule has 7 nitrogen and oxygen atoms in total. The molecule has 0 heterocycles. The van der Waals surface area contributed by atoms with Crippen molar-refractivity contribution in [3.05, 3.63) is 95.8 Å². The summed E-state index contributed by atoms with van der Waals surface area (Å²) in [7, 11) is -2.72. The van der Waals surface area contributed by atoms with Crippen LogP contribution in [0.2, 0.25) is 0 Å². The van der Waals surface area contributed by atoms with Gasteiger partial charge in [0.05, 0.1) is 10.6 Å². The molecule has 37 heavy (non-hydrogen) atoms. The third kappa shape index (κ3) is 6.95. The fourth-order valence-corrected chi connectivity index (χ4v) is 5.45. The second-order valence-electron chi connectivity index (χ2n) is 8.66. The number of rotatable bonds is 11. The number of sulfonamides is 1. The van der Waals surface area contributed by atoms with Crippen LogP contribution < -0.4 is 9.62 Å². The summed E-state index contributed by atoms with van der Waals surface area (Å²) in [5, 5.41) is 2.60. The van der Waals surface area contributed by atoms with Crippen molar-refractivity contribution in [2.24, 2.45) is 0 Å². The first-order valence-corrected chi connectivity index (χ1v) is 13.5. The lowest BCUT2D eigenvalue weighted by molar-refractivity contribution is -0.139. The average molecular weight is 526 g/mol. The molecule has 0 saturated heterocycles. The van der Waals surface area contributed by atoms with Crippen molar-refractivity contribution >= 4 is 27.5 Å². The minimum atomic E-state index is -4.22. The van der Waals surface area contributed by atoms with Crippen molar-refractivity contribution in [1.82, 2.24) is 10.2 Å². The first kappa shape index (κ1) is 27.9. The SMILES string of the molecule is CC[C@@H](C(=O)NC)N(CCc1ccccc1)C(=O)CN(c1ccc(C)cc1)S(=O)(=O)c1ccc(F)cc1. The van der Waals surface area contributed by atoms with E-state index in [1.54, 1.807) is 31.2 Å². The summed E-state index contributed by atoms with van der Waals surface area (Å²) in [6, 6.07) is 20.0. The summed E-state index contributed by atoms with van der Waals surface area (Å²) in [5.74, 6) is -1.41. The average Bonchev–Trinajstić information content (AvgIpc) is 2.90. The lowest BCUT2D eigenvalue weighted by atomic mass is 10.1. The summed E-state index contributed by atoms with van der Waals surface area (Å²) in [6.07, 6.45) is 0.852. The van der Waals surface area contributed by atoms with Crippen LogP contribution in [0.25, 0.3) is 0 Å². The number of carbonyl (C=O) groups excluding carboxylic acids is 2. The van der Waals surface area contributed by atoms with E-state index in [-0.39, 0.29) is 17.3 Å². The Hall–Kier alpha value is -3.72. The first-order valence-electron chi connectivity index (χ1n) is 12.1. The minimum absolute atomic E-state index is 0.142. The maximum atomic E-state index is 13.7. The van der Waals surface area contributed by atoms with E-state index in [1.165, 1.54) is 24.1 Å². The molecule has 0 aromatic heterocycles. The lowest BCUT2D eigenvalue weighted by Gasteiger charge is -2.33. The maximum Gasteiger partial charge on any atom is 0.264 e. The van der Waals surface area contributed by atoms with Crippen LogP contribution in [0, 0.1) is 12.7 Å². The van der Waals surface area contributed by atoms with Crippen LogP contribution >= 0.6 is 0 Å². The summed E-state index contributed by atoms with van der Waals surface area (Å²) in [6.45, 7) is 3.38. The number of hydrogen-bond acceptors (Lipinski definition) is 4. The molecule has 3 aromatic rings. The molecule has 2 amide bonds. The summed E-state index contributed by atoms with van der Waals surface area (Å²) in [5.41, 5.74) is 2.20. The summed E-state index contributed by atoms with van der Waals surface area (Å²) < 4.78 is 41.8. The van der Waals surface area contributed by atoms with E-state index >= 15 is 0 Å². The highest BCUT2D eigenvalue weighted by Gasteiger charge is 2.33. The molecule has 0 spiro atoms. The molecule has 0 saturated carbocycles. The normalized spacial score (nSPS) is 12.0. The van der Waals surface area contributed by atoms with Gasteiger partial charge in [-0.2, -0.15) is 0 Å². The molecule has 1 atom stereocenters. The number of benzene rings is 3. The Morgan fingerprint density at radius 3 is 2.14 bits per heavy atom. The zero-order valence-electron chi connectivity index (χ0n) is 21.2. The van der Waals surface area contributed by atoms with Crippen LogP contribution in [-0.4, -0.2) is 51.3 Å². The molecular weight excluding hydrogens is 493 g/mol. The Balaban J connectivity index is 1.99. The molecule has 0 aliphatic carbocycles. The zero-order valence-corrected chi connectivity index (χ0v) is 22.0. The van der Waals surface area contributed by atoms with Crippen LogP contribution in [0.1, 0.15) is 24.5 Å². The van der Waals surface area contributed by atoms with Crippen LogP contribution in [0.3, 0.4) is 0 Å². The predicted octanol–water partition coefficient (Wildman–Crippen LogP) is 3.93. The van der Waals surface area contributed by atoms with Crippen LogP contribution in [0.5, 0.6) is 0 Å². The fourth-order valence-electron chi connectivity index (χ4n) is 4.04. The lowest BCUT2D eigenvalue weighted by Crippen LogP contribution is -2.52. The summed E-state index contributed by atoms with van der Waals surface area (Å²) in [4.78, 5) is 27.7. The van der Waals surface area contributed by atoms with Gasteiger partial charge in [-0.15, -0.1) is 0 Å². The van der Waals surface area contributed by atoms with Crippen molar-refractivity contribution in [3.8, 4) is 0 Å². The van der Waals surface area contributed by atoms with E-state index in [0.29, 0.717) is 18.5 Å². The van der Waals surface area contributed by atoms with Crippen molar-refractivity contribution < 1.29 is 22.4 Å². The van der Waals surface area contributed by atoms with Crippen LogP contribution in [-0.2, 0) is 26.0 Å². The molecular formula is C28H32FN3O4S. The van der Waals surface area contributed by atoms with Gasteiger partial charge in [0, 0.05) is 13.6 Å². The molecule has 0 aliphatic heterocycles. The van der Waals surface area contributed by atoms with E-state index in [1.807, 2.05) is 37.3 Å². The highest BCUT2D eigenvalue weighted by molar-refractivity contribution is 7.92. The van der Waals surface area contributed by atoms with Gasteiger partial charge in [-0.25, -0.2) is 12.8 Å². The second kappa shape index (κ2) is 12.5. The molecule has 0 aliphatic rings. The topological polar surface area (TPSA) is 86.8 Å². The molecule has 0 unspecified atom stereocenters. The molecule has 9 heteroatoms. The Morgan fingerprint density at radius 2 is 1.57 bits per heavy atom. The molecule has 1 N–H and O–H groups in total. The molecule has 0 radical (unpaired) electrons. The smallest absolute Gasteiger partial charge is 0.264 e. The van der Waals surface area contributed by atoms with Gasteiger partial charge in [0.2, 0.25) is 11.8 Å². The standard InChI is InChI=1S/C28H32FN3O4S/c1-4-26(28(34)30-3)31(19-18-22-8-6-5-7-9-22)27(33)20-32(24-14-10-21(2)11-15-24)37(35,36)25-16-12-23(29)13-17-25/h5-17,26H,4,18-20H2,1-3H3,(H,30,34)/t26-/m0/s1. The molecule has 3 aromatic carbocycles. The van der Waals surface area contributed by atoms with E-state index in [4.69, 9.17) is 0 Å². The monoisotopic (exact) mass is 525 g/mol. The zero-order chi connectivity index (χ0) is 27.0. The minimum Gasteiger partial charge on any atom is -0.357 e. The van der Waals surface area contributed by atoms with Gasteiger partial charge < -0.3 is 10.2 Å². The van der Waals surface area contributed by atoms with Gasteiger partial charge in [-0.1, -0.05) is 55.0 Å². The van der Waals surface area contributed by atoms with Gasteiger partial charge >= 0.3 is 0 Å². The third-order valence-corrected chi connectivity index (χ3v) is 7.91.